The first-order valence-corrected chi connectivity index (χ1v) is 11.4. The van der Waals surface area contributed by atoms with Crippen molar-refractivity contribution < 1.29 is 4.74 Å². The van der Waals surface area contributed by atoms with Gasteiger partial charge < -0.3 is 10.1 Å². The van der Waals surface area contributed by atoms with E-state index >= 15 is 0 Å². The number of pyridine rings is 1. The highest BCUT2D eigenvalue weighted by molar-refractivity contribution is 5.93. The highest BCUT2D eigenvalue weighted by Gasteiger charge is 2.27. The Bertz CT molecular complexity index is 1200. The number of anilines is 1. The van der Waals surface area contributed by atoms with Gasteiger partial charge in [0.05, 0.1) is 36.3 Å². The summed E-state index contributed by atoms with van der Waals surface area (Å²) < 4.78 is 12.2. The maximum absolute atomic E-state index is 6.22. The van der Waals surface area contributed by atoms with E-state index in [0.29, 0.717) is 6.04 Å². The lowest BCUT2D eigenvalue weighted by atomic mass is 9.93. The Labute approximate surface area is 187 Å². The third-order valence-electron chi connectivity index (χ3n) is 6.18. The van der Waals surface area contributed by atoms with E-state index in [1.165, 1.54) is 0 Å². The van der Waals surface area contributed by atoms with Gasteiger partial charge in [-0.25, -0.2) is 4.98 Å². The smallest absolute Gasteiger partial charge is 0.157 e. The predicted octanol–water partition coefficient (Wildman–Crippen LogP) is 4.04. The normalized spacial score (nSPS) is 18.8. The fraction of sp³-hybridized carbons (Fsp3) is 0.478. The lowest BCUT2D eigenvalue weighted by molar-refractivity contribution is 0.131. The molecule has 1 N–H and O–H groups in total. The minimum Gasteiger partial charge on any atom is -0.487 e. The minimum atomic E-state index is 0.222. The van der Waals surface area contributed by atoms with Gasteiger partial charge in [-0.05, 0) is 32.1 Å². The number of hydrogen-bond acceptors (Lipinski definition) is 6. The lowest BCUT2D eigenvalue weighted by Crippen LogP contribution is -2.26. The molecule has 0 saturated heterocycles. The zero-order valence-corrected chi connectivity index (χ0v) is 18.9. The van der Waals surface area contributed by atoms with Crippen LogP contribution >= 0.6 is 0 Å². The largest absolute Gasteiger partial charge is 0.487 e. The highest BCUT2D eigenvalue weighted by atomic mass is 16.5. The fourth-order valence-corrected chi connectivity index (χ4v) is 4.56. The van der Waals surface area contributed by atoms with Crippen LogP contribution in [-0.2, 0) is 13.6 Å². The molecule has 0 amide bonds. The van der Waals surface area contributed by atoms with E-state index in [2.05, 4.69) is 38.2 Å². The van der Waals surface area contributed by atoms with Crippen LogP contribution in [0.1, 0.15) is 45.1 Å². The Morgan fingerprint density at radius 3 is 2.66 bits per heavy atom. The summed E-state index contributed by atoms with van der Waals surface area (Å²) in [6.45, 7) is 3.07. The van der Waals surface area contributed by atoms with Gasteiger partial charge in [0.25, 0.3) is 0 Å². The van der Waals surface area contributed by atoms with Crippen LogP contribution in [-0.4, -0.2) is 47.5 Å². The van der Waals surface area contributed by atoms with E-state index in [1.54, 1.807) is 4.68 Å². The van der Waals surface area contributed by atoms with Crippen molar-refractivity contribution in [3.63, 3.8) is 0 Å². The number of ether oxygens (including phenoxy) is 1. The Kier molecular flexibility index (Phi) is 5.55. The van der Waals surface area contributed by atoms with Gasteiger partial charge in [0.2, 0.25) is 0 Å². The monoisotopic (exact) mass is 434 g/mol. The topological polar surface area (TPSA) is 87.6 Å². The molecule has 0 aromatic carbocycles. The summed E-state index contributed by atoms with van der Waals surface area (Å²) in [5.41, 5.74) is 3.05. The number of aryl methyl sites for hydroxylation is 2. The van der Waals surface area contributed by atoms with Crippen LogP contribution in [0.4, 0.5) is 5.82 Å². The Hall–Kier alpha value is -3.36. The molecule has 1 fully saturated rings. The summed E-state index contributed by atoms with van der Waals surface area (Å²) in [6, 6.07) is 2.42. The minimum absolute atomic E-state index is 0.222. The Morgan fingerprint density at radius 1 is 1.09 bits per heavy atom. The number of fused-ring (bicyclic) bond motifs is 1. The van der Waals surface area contributed by atoms with Crippen molar-refractivity contribution in [2.24, 2.45) is 7.05 Å². The van der Waals surface area contributed by atoms with Crippen molar-refractivity contribution in [3.05, 3.63) is 37.1 Å². The summed E-state index contributed by atoms with van der Waals surface area (Å²) in [5, 5.41) is 18.0. The lowest BCUT2D eigenvalue weighted by Gasteiger charge is -2.29. The van der Waals surface area contributed by atoms with Gasteiger partial charge in [-0.15, -0.1) is 0 Å². The molecule has 0 atom stereocenters. The summed E-state index contributed by atoms with van der Waals surface area (Å²) in [5.74, 6) is 1.72. The third-order valence-corrected chi connectivity index (χ3v) is 6.18. The third kappa shape index (κ3) is 3.94. The van der Waals surface area contributed by atoms with E-state index in [4.69, 9.17) is 9.84 Å². The number of nitrogens with one attached hydrogen (secondary N) is 1. The molecule has 9 nitrogen and oxygen atoms in total. The molecular weight excluding hydrogens is 404 g/mol. The van der Waals surface area contributed by atoms with Crippen LogP contribution in [0.2, 0.25) is 0 Å². The van der Waals surface area contributed by atoms with Crippen LogP contribution in [0.3, 0.4) is 0 Å². The zero-order valence-electron chi connectivity index (χ0n) is 18.9. The van der Waals surface area contributed by atoms with Crippen molar-refractivity contribution in [3.8, 4) is 17.0 Å². The summed E-state index contributed by atoms with van der Waals surface area (Å²) in [4.78, 5) is 4.53. The van der Waals surface area contributed by atoms with E-state index in [9.17, 15) is 0 Å². The van der Waals surface area contributed by atoms with Gasteiger partial charge in [0.1, 0.15) is 11.5 Å². The van der Waals surface area contributed by atoms with Gasteiger partial charge in [-0.2, -0.15) is 15.3 Å². The molecule has 0 bridgehead atoms. The standard InChI is InChI=1S/C23H30N8O/c1-4-9-30-15-19(12-27-30)32-18-7-5-17(6-8-18)31-21-10-22(24-2)25-13-20(21)23(28-31)16-11-26-29(3)14-16/h10-15,17-18H,4-9H2,1-3H3,(H,24,25)/t17-,18+. The second-order valence-electron chi connectivity index (χ2n) is 8.52. The molecule has 0 radical (unpaired) electrons. The average Bonchev–Trinajstić information content (AvgIpc) is 3.53. The Morgan fingerprint density at radius 2 is 1.94 bits per heavy atom. The van der Waals surface area contributed by atoms with Crippen molar-refractivity contribution >= 4 is 16.7 Å². The first-order chi connectivity index (χ1) is 15.6. The van der Waals surface area contributed by atoms with Crippen molar-refractivity contribution in [1.29, 1.82) is 0 Å². The SMILES string of the molecule is CCCn1cc(O[C@H]2CC[C@@H](n3nc(-c4cnn(C)c4)c4cnc(NC)cc43)CC2)cn1. The van der Waals surface area contributed by atoms with Gasteiger partial charge in [0.15, 0.2) is 5.75 Å². The average molecular weight is 435 g/mol. The molecule has 1 aliphatic rings. The molecule has 4 aromatic heterocycles. The summed E-state index contributed by atoms with van der Waals surface area (Å²) >= 11 is 0. The molecule has 4 heterocycles. The van der Waals surface area contributed by atoms with Gasteiger partial charge in [0, 0.05) is 50.0 Å². The first-order valence-electron chi connectivity index (χ1n) is 11.4. The van der Waals surface area contributed by atoms with Crippen LogP contribution in [0, 0.1) is 0 Å². The maximum Gasteiger partial charge on any atom is 0.157 e. The van der Waals surface area contributed by atoms with Crippen LogP contribution in [0.15, 0.2) is 37.1 Å². The molecule has 0 spiro atoms. The van der Waals surface area contributed by atoms with Crippen LogP contribution < -0.4 is 10.1 Å². The second kappa shape index (κ2) is 8.64. The van der Waals surface area contributed by atoms with E-state index in [-0.39, 0.29) is 6.10 Å². The number of aromatic nitrogens is 7. The van der Waals surface area contributed by atoms with Crippen molar-refractivity contribution in [2.75, 3.05) is 12.4 Å². The molecule has 4 aromatic rings. The zero-order chi connectivity index (χ0) is 22.1. The van der Waals surface area contributed by atoms with E-state index < -0.39 is 0 Å². The molecule has 0 aliphatic heterocycles. The maximum atomic E-state index is 6.22. The molecule has 9 heteroatoms. The van der Waals surface area contributed by atoms with Crippen molar-refractivity contribution in [2.45, 2.75) is 57.7 Å². The van der Waals surface area contributed by atoms with Gasteiger partial charge in [-0.1, -0.05) is 6.92 Å². The quantitative estimate of drug-likeness (QED) is 0.472. The van der Waals surface area contributed by atoms with Gasteiger partial charge >= 0.3 is 0 Å². The van der Waals surface area contributed by atoms with Crippen LogP contribution in [0.25, 0.3) is 22.2 Å². The number of nitrogens with zero attached hydrogens (tertiary/aromatic N) is 7. The Balaban J connectivity index is 1.36. The molecule has 1 aliphatic carbocycles. The van der Waals surface area contributed by atoms with Crippen molar-refractivity contribution in [1.82, 2.24) is 34.3 Å². The van der Waals surface area contributed by atoms with E-state index in [0.717, 1.165) is 72.4 Å². The number of rotatable bonds is 7. The second-order valence-corrected chi connectivity index (χ2v) is 8.52. The van der Waals surface area contributed by atoms with Gasteiger partial charge in [-0.3, -0.25) is 14.0 Å². The predicted molar refractivity (Wildman–Crippen MR) is 124 cm³/mol. The first kappa shape index (κ1) is 20.5. The van der Waals surface area contributed by atoms with E-state index in [1.807, 2.05) is 49.8 Å². The molecular formula is C23H30N8O. The summed E-state index contributed by atoms with van der Waals surface area (Å²) in [7, 11) is 3.81. The molecule has 168 valence electrons. The van der Waals surface area contributed by atoms with Crippen LogP contribution in [0.5, 0.6) is 5.75 Å². The molecule has 1 saturated carbocycles. The summed E-state index contributed by atoms with van der Waals surface area (Å²) in [6.07, 6.45) is 14.9. The molecule has 5 rings (SSSR count). The number of hydrogen-bond donors (Lipinski definition) is 1. The highest BCUT2D eigenvalue weighted by Crippen LogP contribution is 2.36. The molecule has 0 unspecified atom stereocenters. The fourth-order valence-electron chi connectivity index (χ4n) is 4.56. The molecule has 32 heavy (non-hydrogen) atoms.